The van der Waals surface area contributed by atoms with Gasteiger partial charge in [0.05, 0.1) is 13.2 Å². The fourth-order valence-corrected chi connectivity index (χ4v) is 2.86. The first-order valence-corrected chi connectivity index (χ1v) is 7.23. The molecule has 5 nitrogen and oxygen atoms in total. The number of hydrogen-bond acceptors (Lipinski definition) is 4. The van der Waals surface area contributed by atoms with Crippen molar-refractivity contribution in [2.24, 2.45) is 5.41 Å². The minimum Gasteiger partial charge on any atom is -0.396 e. The van der Waals surface area contributed by atoms with Gasteiger partial charge in [-0.05, 0) is 12.8 Å². The number of carbonyl (C=O) groups is 1. The Labute approximate surface area is 118 Å². The Morgan fingerprint density at radius 2 is 2.05 bits per heavy atom. The van der Waals surface area contributed by atoms with E-state index in [0.717, 1.165) is 19.3 Å². The summed E-state index contributed by atoms with van der Waals surface area (Å²) in [4.78, 5) is 12.1. The maximum atomic E-state index is 12.1. The largest absolute Gasteiger partial charge is 0.396 e. The van der Waals surface area contributed by atoms with Crippen molar-refractivity contribution in [3.63, 3.8) is 0 Å². The number of ether oxygens (including phenoxy) is 2. The first-order chi connectivity index (χ1) is 9.72. The maximum Gasteiger partial charge on any atom is 0.251 e. The molecule has 1 saturated heterocycles. The van der Waals surface area contributed by atoms with Gasteiger partial charge in [0, 0.05) is 12.0 Å². The van der Waals surface area contributed by atoms with E-state index in [2.05, 4.69) is 5.32 Å². The first kappa shape index (κ1) is 13.8. The molecule has 0 spiro atoms. The molecule has 2 N–H and O–H groups in total. The van der Waals surface area contributed by atoms with Gasteiger partial charge in [-0.15, -0.1) is 0 Å². The third-order valence-electron chi connectivity index (χ3n) is 4.48. The molecule has 2 fully saturated rings. The number of carbonyl (C=O) groups excluding carboxylic acids is 1. The van der Waals surface area contributed by atoms with Crippen molar-refractivity contribution in [2.75, 3.05) is 19.8 Å². The lowest BCUT2D eigenvalue weighted by atomic mass is 9.69. The summed E-state index contributed by atoms with van der Waals surface area (Å²) in [5.41, 5.74) is -0.110. The molecule has 5 heteroatoms. The topological polar surface area (TPSA) is 67.8 Å². The fraction of sp³-hybridized carbons (Fsp3) is 0.667. The van der Waals surface area contributed by atoms with Gasteiger partial charge < -0.3 is 19.9 Å². The Morgan fingerprint density at radius 1 is 1.30 bits per heavy atom. The van der Waals surface area contributed by atoms with Gasteiger partial charge >= 0.3 is 0 Å². The number of aliphatic hydroxyl groups excluding tert-OH is 1. The van der Waals surface area contributed by atoms with Crippen LogP contribution < -0.4 is 5.32 Å². The molecule has 0 bridgehead atoms. The molecule has 3 aliphatic rings. The average Bonchev–Trinajstić information content (AvgIpc) is 2.46. The highest BCUT2D eigenvalue weighted by molar-refractivity contribution is 5.81. The predicted octanol–water partition coefficient (Wildman–Crippen LogP) is 0.544. The molecule has 110 valence electrons. The Bertz CT molecular complexity index is 422. The van der Waals surface area contributed by atoms with Crippen molar-refractivity contribution in [3.05, 3.63) is 24.3 Å². The van der Waals surface area contributed by atoms with Crippen molar-refractivity contribution >= 4 is 5.91 Å². The van der Waals surface area contributed by atoms with Gasteiger partial charge in [0.15, 0.2) is 6.10 Å². The van der Waals surface area contributed by atoms with Gasteiger partial charge in [-0.1, -0.05) is 30.7 Å². The van der Waals surface area contributed by atoms with E-state index in [1.807, 2.05) is 24.3 Å². The third kappa shape index (κ3) is 2.66. The molecule has 0 aromatic heterocycles. The van der Waals surface area contributed by atoms with Crippen molar-refractivity contribution in [1.29, 1.82) is 0 Å². The minimum absolute atomic E-state index is 0.0838. The molecule has 1 amide bonds. The second kappa shape index (κ2) is 5.68. The summed E-state index contributed by atoms with van der Waals surface area (Å²) in [5.74, 6) is -0.147. The molecule has 2 aliphatic carbocycles. The molecular formula is C15H21NO4. The Balaban J connectivity index is 1.50. The van der Waals surface area contributed by atoms with E-state index >= 15 is 0 Å². The Morgan fingerprint density at radius 3 is 2.70 bits per heavy atom. The number of amides is 1. The van der Waals surface area contributed by atoms with Crippen molar-refractivity contribution in [3.8, 4) is 0 Å². The normalized spacial score (nSPS) is 34.1. The minimum atomic E-state index is -0.566. The molecule has 0 aromatic rings. The van der Waals surface area contributed by atoms with Crippen LogP contribution in [-0.2, 0) is 14.3 Å². The zero-order chi connectivity index (χ0) is 14.0. The zero-order valence-electron chi connectivity index (χ0n) is 11.5. The van der Waals surface area contributed by atoms with Gasteiger partial charge in [-0.2, -0.15) is 0 Å². The monoisotopic (exact) mass is 279 g/mol. The lowest BCUT2D eigenvalue weighted by Crippen LogP contribution is -2.52. The summed E-state index contributed by atoms with van der Waals surface area (Å²) >= 11 is 0. The summed E-state index contributed by atoms with van der Waals surface area (Å²) in [7, 11) is 0. The maximum absolute atomic E-state index is 12.1. The van der Waals surface area contributed by atoms with Crippen LogP contribution in [0.15, 0.2) is 24.3 Å². The van der Waals surface area contributed by atoms with Crippen LogP contribution in [0.1, 0.15) is 19.3 Å². The lowest BCUT2D eigenvalue weighted by molar-refractivity contribution is -0.169. The SMILES string of the molecule is O=C(NCC1(CO)CCC1)C1COC2C=CC=CC2O1. The molecule has 3 atom stereocenters. The summed E-state index contributed by atoms with van der Waals surface area (Å²) < 4.78 is 11.4. The molecule has 1 saturated carbocycles. The molecule has 3 unspecified atom stereocenters. The highest BCUT2D eigenvalue weighted by atomic mass is 16.6. The molecule has 0 radical (unpaired) electrons. The number of nitrogens with one attached hydrogen (secondary N) is 1. The number of allylic oxidation sites excluding steroid dienone is 2. The number of rotatable bonds is 4. The fourth-order valence-electron chi connectivity index (χ4n) is 2.86. The van der Waals surface area contributed by atoms with Crippen LogP contribution in [0.2, 0.25) is 0 Å². The first-order valence-electron chi connectivity index (χ1n) is 7.23. The van der Waals surface area contributed by atoms with E-state index in [1.165, 1.54) is 0 Å². The molecule has 20 heavy (non-hydrogen) atoms. The lowest BCUT2D eigenvalue weighted by Gasteiger charge is -2.41. The van der Waals surface area contributed by atoms with E-state index in [0.29, 0.717) is 6.54 Å². The van der Waals surface area contributed by atoms with E-state index < -0.39 is 6.10 Å². The highest BCUT2D eigenvalue weighted by Gasteiger charge is 2.38. The van der Waals surface area contributed by atoms with Crippen LogP contribution in [0.5, 0.6) is 0 Å². The average molecular weight is 279 g/mol. The van der Waals surface area contributed by atoms with Gasteiger partial charge in [0.25, 0.3) is 5.91 Å². The van der Waals surface area contributed by atoms with Crippen LogP contribution in [0, 0.1) is 5.41 Å². The number of aliphatic hydroxyl groups is 1. The second-order valence-electron chi connectivity index (χ2n) is 5.89. The van der Waals surface area contributed by atoms with Crippen LogP contribution in [-0.4, -0.2) is 49.1 Å². The molecule has 3 rings (SSSR count). The van der Waals surface area contributed by atoms with Crippen LogP contribution in [0.4, 0.5) is 0 Å². The van der Waals surface area contributed by atoms with Gasteiger partial charge in [0.2, 0.25) is 0 Å². The van der Waals surface area contributed by atoms with E-state index in [1.54, 1.807) is 0 Å². The predicted molar refractivity (Wildman–Crippen MR) is 73.1 cm³/mol. The smallest absolute Gasteiger partial charge is 0.251 e. The summed E-state index contributed by atoms with van der Waals surface area (Å²) in [6.07, 6.45) is 9.92. The van der Waals surface area contributed by atoms with Crippen LogP contribution in [0.25, 0.3) is 0 Å². The third-order valence-corrected chi connectivity index (χ3v) is 4.48. The van der Waals surface area contributed by atoms with E-state index in [4.69, 9.17) is 9.47 Å². The van der Waals surface area contributed by atoms with Crippen molar-refractivity contribution in [2.45, 2.75) is 37.6 Å². The molecule has 1 aliphatic heterocycles. The summed E-state index contributed by atoms with van der Waals surface area (Å²) in [6.45, 7) is 0.927. The zero-order valence-corrected chi connectivity index (χ0v) is 11.5. The summed E-state index contributed by atoms with van der Waals surface area (Å²) in [5, 5.41) is 12.3. The van der Waals surface area contributed by atoms with Gasteiger partial charge in [0.1, 0.15) is 12.2 Å². The molecular weight excluding hydrogens is 258 g/mol. The van der Waals surface area contributed by atoms with Crippen LogP contribution >= 0.6 is 0 Å². The van der Waals surface area contributed by atoms with Gasteiger partial charge in [-0.3, -0.25) is 4.79 Å². The Kier molecular flexibility index (Phi) is 3.92. The molecule has 1 heterocycles. The van der Waals surface area contributed by atoms with Crippen molar-refractivity contribution < 1.29 is 19.4 Å². The highest BCUT2D eigenvalue weighted by Crippen LogP contribution is 2.39. The van der Waals surface area contributed by atoms with Crippen LogP contribution in [0.3, 0.4) is 0 Å². The standard InChI is InChI=1S/C15H21NO4/c17-10-15(6-3-7-15)9-16-14(18)13-8-19-11-4-1-2-5-12(11)20-13/h1-2,4-5,11-13,17H,3,6-10H2,(H,16,18). The van der Waals surface area contributed by atoms with E-state index in [9.17, 15) is 9.90 Å². The Hall–Kier alpha value is -1.17. The second-order valence-corrected chi connectivity index (χ2v) is 5.89. The number of fused-ring (bicyclic) bond motifs is 1. The quantitative estimate of drug-likeness (QED) is 0.788. The number of hydrogen-bond donors (Lipinski definition) is 2. The van der Waals surface area contributed by atoms with E-state index in [-0.39, 0.29) is 36.7 Å². The van der Waals surface area contributed by atoms with Crippen molar-refractivity contribution in [1.82, 2.24) is 5.32 Å². The summed E-state index contributed by atoms with van der Waals surface area (Å²) in [6, 6.07) is 0. The molecule has 0 aromatic carbocycles. The van der Waals surface area contributed by atoms with Gasteiger partial charge in [-0.25, -0.2) is 0 Å².